The van der Waals surface area contributed by atoms with Gasteiger partial charge >= 0.3 is 5.97 Å². The Hall–Kier alpha value is -2.22. The van der Waals surface area contributed by atoms with Crippen LogP contribution in [0.15, 0.2) is 4.52 Å². The van der Waals surface area contributed by atoms with Crippen molar-refractivity contribution in [3.63, 3.8) is 0 Å². The van der Waals surface area contributed by atoms with Crippen LogP contribution in [0.25, 0.3) is 0 Å². The third-order valence-electron chi connectivity index (χ3n) is 4.14. The van der Waals surface area contributed by atoms with E-state index in [2.05, 4.69) is 15.5 Å². The number of aryl methyl sites for hydroxylation is 2. The summed E-state index contributed by atoms with van der Waals surface area (Å²) in [4.78, 5) is 28.1. The third-order valence-corrected chi connectivity index (χ3v) is 5.47. The molecule has 2 aromatic rings. The molecule has 2 aromatic heterocycles. The Bertz CT molecular complexity index is 780. The predicted molar refractivity (Wildman–Crippen MR) is 87.5 cm³/mol. The van der Waals surface area contributed by atoms with Gasteiger partial charge in [0.25, 0.3) is 5.91 Å². The van der Waals surface area contributed by atoms with Crippen molar-refractivity contribution in [2.24, 2.45) is 0 Å². The van der Waals surface area contributed by atoms with E-state index in [1.54, 1.807) is 13.8 Å². The Morgan fingerprint density at radius 2 is 2.04 bits per heavy atom. The minimum Gasteiger partial charge on any atom is -0.477 e. The highest BCUT2D eigenvalue weighted by molar-refractivity contribution is 7.13. The molecule has 0 bridgehead atoms. The fraction of sp³-hybridized carbons (Fsp3) is 0.500. The number of nitrogens with zero attached hydrogens (tertiary/aromatic N) is 2. The van der Waals surface area contributed by atoms with Gasteiger partial charge in [-0.05, 0) is 33.1 Å². The number of carbonyl (C=O) groups is 2. The largest absolute Gasteiger partial charge is 0.477 e. The van der Waals surface area contributed by atoms with Crippen molar-refractivity contribution in [2.75, 3.05) is 0 Å². The summed E-state index contributed by atoms with van der Waals surface area (Å²) in [6.07, 6.45) is 4.82. The minimum atomic E-state index is -1.00. The maximum atomic E-state index is 12.5. The maximum absolute atomic E-state index is 12.5. The monoisotopic (exact) mass is 349 g/mol. The molecule has 2 N–H and O–H groups in total. The normalized spacial score (nSPS) is 15.4. The minimum absolute atomic E-state index is 0.196. The van der Waals surface area contributed by atoms with Crippen molar-refractivity contribution >= 4 is 23.2 Å². The van der Waals surface area contributed by atoms with Gasteiger partial charge in [-0.3, -0.25) is 4.79 Å². The van der Waals surface area contributed by atoms with Crippen LogP contribution in [0.1, 0.15) is 74.4 Å². The summed E-state index contributed by atoms with van der Waals surface area (Å²) < 4.78 is 5.33. The van der Waals surface area contributed by atoms with Gasteiger partial charge in [0.05, 0.1) is 11.7 Å². The van der Waals surface area contributed by atoms with Gasteiger partial charge in [0, 0.05) is 12.0 Å². The van der Waals surface area contributed by atoms with Crippen molar-refractivity contribution in [1.82, 2.24) is 15.5 Å². The molecule has 0 radical (unpaired) electrons. The van der Waals surface area contributed by atoms with Gasteiger partial charge in [-0.15, -0.1) is 11.3 Å². The molecule has 0 saturated heterocycles. The number of amides is 1. The Morgan fingerprint density at radius 3 is 2.75 bits per heavy atom. The summed E-state index contributed by atoms with van der Waals surface area (Å²) in [5.74, 6) is -0.501. The van der Waals surface area contributed by atoms with Gasteiger partial charge in [0.15, 0.2) is 5.69 Å². The van der Waals surface area contributed by atoms with Crippen LogP contribution in [0.4, 0.5) is 0 Å². The molecule has 128 valence electrons. The number of thiazole rings is 1. The van der Waals surface area contributed by atoms with Crippen molar-refractivity contribution in [2.45, 2.75) is 52.0 Å². The van der Waals surface area contributed by atoms with Gasteiger partial charge in [0.1, 0.15) is 15.6 Å². The highest BCUT2D eigenvalue weighted by Gasteiger charge is 2.25. The second kappa shape index (κ2) is 6.72. The Morgan fingerprint density at radius 1 is 1.29 bits per heavy atom. The predicted octanol–water partition coefficient (Wildman–Crippen LogP) is 2.90. The zero-order valence-corrected chi connectivity index (χ0v) is 14.4. The molecule has 0 spiro atoms. The molecule has 0 aliphatic heterocycles. The standard InChI is InChI=1S/C16H19N3O4S/c1-8-13(16(21)22)24-15(18-8)9(2)17-14(20)12-10-6-4-3-5-7-11(10)23-19-12/h9H,3-7H2,1-2H3,(H,17,20)(H,21,22). The number of nitrogens with one attached hydrogen (secondary N) is 1. The average molecular weight is 349 g/mol. The number of aromatic carboxylic acids is 1. The maximum Gasteiger partial charge on any atom is 0.347 e. The first kappa shape index (κ1) is 16.6. The average Bonchev–Trinajstić information content (AvgIpc) is 3.04. The number of fused-ring (bicyclic) bond motifs is 1. The summed E-state index contributed by atoms with van der Waals surface area (Å²) in [6.45, 7) is 3.43. The lowest BCUT2D eigenvalue weighted by molar-refractivity contribution is 0.0700. The van der Waals surface area contributed by atoms with Gasteiger partial charge in [-0.2, -0.15) is 0 Å². The molecule has 0 fully saturated rings. The van der Waals surface area contributed by atoms with E-state index in [0.29, 0.717) is 16.4 Å². The summed E-state index contributed by atoms with van der Waals surface area (Å²) in [5, 5.41) is 16.5. The van der Waals surface area contributed by atoms with Crippen molar-refractivity contribution < 1.29 is 19.2 Å². The van der Waals surface area contributed by atoms with E-state index in [9.17, 15) is 9.59 Å². The Labute approximate surface area is 143 Å². The molecule has 1 aliphatic carbocycles. The molecule has 2 heterocycles. The number of aromatic nitrogens is 2. The lowest BCUT2D eigenvalue weighted by Crippen LogP contribution is -2.27. The highest BCUT2D eigenvalue weighted by Crippen LogP contribution is 2.26. The summed E-state index contributed by atoms with van der Waals surface area (Å²) in [5.41, 5.74) is 1.70. The molecule has 1 aliphatic rings. The lowest BCUT2D eigenvalue weighted by Gasteiger charge is -2.10. The van der Waals surface area contributed by atoms with Gasteiger partial charge in [0.2, 0.25) is 0 Å². The van der Waals surface area contributed by atoms with Crippen LogP contribution < -0.4 is 5.32 Å². The van der Waals surface area contributed by atoms with Crippen LogP contribution >= 0.6 is 11.3 Å². The number of carboxylic acid groups (broad SMARTS) is 1. The summed E-state index contributed by atoms with van der Waals surface area (Å²) in [7, 11) is 0. The van der Waals surface area contributed by atoms with Gasteiger partial charge in [-0.25, -0.2) is 9.78 Å². The van der Waals surface area contributed by atoms with E-state index >= 15 is 0 Å². The van der Waals surface area contributed by atoms with E-state index in [-0.39, 0.29) is 10.8 Å². The molecule has 24 heavy (non-hydrogen) atoms. The number of carbonyl (C=O) groups excluding carboxylic acids is 1. The van der Waals surface area contributed by atoms with Crippen LogP contribution in [-0.4, -0.2) is 27.1 Å². The first-order valence-corrected chi connectivity index (χ1v) is 8.78. The fourth-order valence-corrected chi connectivity index (χ4v) is 3.78. The van der Waals surface area contributed by atoms with E-state index in [1.807, 2.05) is 0 Å². The summed E-state index contributed by atoms with van der Waals surface area (Å²) in [6, 6.07) is -0.396. The van der Waals surface area contributed by atoms with Crippen LogP contribution in [0.3, 0.4) is 0 Å². The topological polar surface area (TPSA) is 105 Å². The number of carboxylic acids is 1. The molecule has 7 nitrogen and oxygen atoms in total. The van der Waals surface area contributed by atoms with E-state index in [1.165, 1.54) is 0 Å². The van der Waals surface area contributed by atoms with Gasteiger partial charge in [-0.1, -0.05) is 11.6 Å². The van der Waals surface area contributed by atoms with E-state index in [0.717, 1.165) is 54.8 Å². The highest BCUT2D eigenvalue weighted by atomic mass is 32.1. The molecular formula is C16H19N3O4S. The molecule has 8 heteroatoms. The second-order valence-electron chi connectivity index (χ2n) is 5.96. The van der Waals surface area contributed by atoms with Crippen molar-refractivity contribution in [3.8, 4) is 0 Å². The third kappa shape index (κ3) is 3.19. The SMILES string of the molecule is Cc1nc(C(C)NC(=O)c2noc3c2CCCCC3)sc1C(=O)O. The Balaban J connectivity index is 1.76. The van der Waals surface area contributed by atoms with Crippen LogP contribution in [-0.2, 0) is 12.8 Å². The second-order valence-corrected chi connectivity index (χ2v) is 6.99. The first-order valence-electron chi connectivity index (χ1n) is 7.96. The fourth-order valence-electron chi connectivity index (χ4n) is 2.87. The smallest absolute Gasteiger partial charge is 0.347 e. The molecule has 3 rings (SSSR count). The zero-order valence-electron chi connectivity index (χ0n) is 13.6. The lowest BCUT2D eigenvalue weighted by atomic mass is 10.1. The molecule has 1 amide bonds. The van der Waals surface area contributed by atoms with E-state index in [4.69, 9.17) is 9.63 Å². The van der Waals surface area contributed by atoms with Crippen LogP contribution in [0, 0.1) is 6.92 Å². The van der Waals surface area contributed by atoms with Crippen molar-refractivity contribution in [3.05, 3.63) is 32.6 Å². The number of hydrogen-bond donors (Lipinski definition) is 2. The Kier molecular flexibility index (Phi) is 4.66. The van der Waals surface area contributed by atoms with Crippen LogP contribution in [0.5, 0.6) is 0 Å². The quantitative estimate of drug-likeness (QED) is 0.822. The molecule has 1 unspecified atom stereocenters. The molecule has 1 atom stereocenters. The van der Waals surface area contributed by atoms with Crippen molar-refractivity contribution in [1.29, 1.82) is 0 Å². The molecule has 0 aromatic carbocycles. The van der Waals surface area contributed by atoms with E-state index < -0.39 is 12.0 Å². The molecular weight excluding hydrogens is 330 g/mol. The molecule has 0 saturated carbocycles. The number of rotatable bonds is 4. The summed E-state index contributed by atoms with van der Waals surface area (Å²) >= 11 is 1.08. The van der Waals surface area contributed by atoms with Gasteiger partial charge < -0.3 is 14.9 Å². The number of hydrogen-bond acceptors (Lipinski definition) is 6. The zero-order chi connectivity index (χ0) is 17.3. The van der Waals surface area contributed by atoms with Crippen LogP contribution in [0.2, 0.25) is 0 Å². The first-order chi connectivity index (χ1) is 11.5.